The Labute approximate surface area is 220 Å². The molecule has 0 saturated heterocycles. The lowest BCUT2D eigenvalue weighted by Crippen LogP contribution is -2.50. The summed E-state index contributed by atoms with van der Waals surface area (Å²) in [6.45, 7) is 14.8. The molecule has 204 valence electrons. The highest BCUT2D eigenvalue weighted by molar-refractivity contribution is 6.04. The van der Waals surface area contributed by atoms with Gasteiger partial charge in [0.1, 0.15) is 6.10 Å². The van der Waals surface area contributed by atoms with Crippen LogP contribution in [0.4, 0.5) is 0 Å². The van der Waals surface area contributed by atoms with Gasteiger partial charge < -0.3 is 19.7 Å². The predicted molar refractivity (Wildman–Crippen MR) is 140 cm³/mol. The molecule has 0 bridgehead atoms. The molecule has 0 aromatic rings. The molecule has 0 heterocycles. The Balaban J connectivity index is 2.05. The number of aliphatic hydroxyl groups excluding tert-OH is 2. The van der Waals surface area contributed by atoms with Crippen molar-refractivity contribution in [2.75, 3.05) is 0 Å². The molecular formula is C30H42O7. The van der Waals surface area contributed by atoms with Gasteiger partial charge in [0, 0.05) is 25.0 Å². The zero-order chi connectivity index (χ0) is 27.7. The Hall–Kier alpha value is -2.51. The van der Waals surface area contributed by atoms with E-state index in [4.69, 9.17) is 9.47 Å². The summed E-state index contributed by atoms with van der Waals surface area (Å²) in [6, 6.07) is 0. The number of aliphatic hydroxyl groups is 2. The van der Waals surface area contributed by atoms with Crippen molar-refractivity contribution < 1.29 is 34.1 Å². The first kappa shape index (κ1) is 29.1. The Morgan fingerprint density at radius 3 is 2.54 bits per heavy atom. The SMILES string of the molecule is C=C1C(=O)C2(OC(C)=O)CC(C)C(O)C2C=C(C)C(OC(=O)/C=C/C=CCCC)CC2C(C1O)C2(C)C. The fraction of sp³-hybridized carbons (Fsp3) is 0.633. The molecule has 3 aliphatic carbocycles. The molecule has 0 aromatic carbocycles. The summed E-state index contributed by atoms with van der Waals surface area (Å²) in [5.74, 6) is -3.26. The summed E-state index contributed by atoms with van der Waals surface area (Å²) in [4.78, 5) is 38.8. The number of ether oxygens (including phenoxy) is 2. The van der Waals surface area contributed by atoms with Crippen LogP contribution in [-0.4, -0.2) is 51.8 Å². The number of allylic oxidation sites excluding steroid dienone is 3. The fourth-order valence-corrected chi connectivity index (χ4v) is 6.34. The number of carbonyl (C=O) groups is 3. The lowest BCUT2D eigenvalue weighted by molar-refractivity contribution is -0.168. The van der Waals surface area contributed by atoms with Crippen molar-refractivity contribution in [3.63, 3.8) is 0 Å². The third-order valence-electron chi connectivity index (χ3n) is 8.56. The van der Waals surface area contributed by atoms with Crippen LogP contribution in [0.25, 0.3) is 0 Å². The number of hydrogen-bond donors (Lipinski definition) is 2. The molecule has 37 heavy (non-hydrogen) atoms. The van der Waals surface area contributed by atoms with Crippen molar-refractivity contribution in [2.45, 2.75) is 91.1 Å². The minimum atomic E-state index is -1.69. The van der Waals surface area contributed by atoms with Crippen LogP contribution in [0.15, 0.2) is 48.1 Å². The monoisotopic (exact) mass is 514 g/mol. The first-order valence-electron chi connectivity index (χ1n) is 13.3. The summed E-state index contributed by atoms with van der Waals surface area (Å²) in [5.41, 5.74) is -1.37. The number of Topliss-reactive ketones (excluding diaryl/α,β-unsaturated/α-hetero) is 1. The first-order valence-corrected chi connectivity index (χ1v) is 13.3. The summed E-state index contributed by atoms with van der Waals surface area (Å²) < 4.78 is 11.6. The highest BCUT2D eigenvalue weighted by Crippen LogP contribution is 2.64. The van der Waals surface area contributed by atoms with E-state index < -0.39 is 47.6 Å². The molecule has 2 fully saturated rings. The molecule has 3 aliphatic rings. The Morgan fingerprint density at radius 1 is 1.24 bits per heavy atom. The van der Waals surface area contributed by atoms with E-state index in [1.165, 1.54) is 13.0 Å². The van der Waals surface area contributed by atoms with Gasteiger partial charge in [-0.15, -0.1) is 0 Å². The standard InChI is InChI=1S/C30H42O7/c1-8-9-10-11-12-13-24(32)36-23-15-21-25(29(21,6)7)27(34)19(4)28(35)30(37-20(5)31)16-18(3)26(33)22(30)14-17(23)2/h10-14,18,21-23,25-27,33-34H,4,8-9,15-16H2,1-3,5-7H3/b11-10?,13-12+,17-14?. The molecule has 2 saturated carbocycles. The van der Waals surface area contributed by atoms with E-state index in [1.54, 1.807) is 26.0 Å². The smallest absolute Gasteiger partial charge is 0.331 e. The summed E-state index contributed by atoms with van der Waals surface area (Å²) in [6.07, 6.45) is 8.23. The molecule has 0 amide bonds. The van der Waals surface area contributed by atoms with Gasteiger partial charge in [-0.3, -0.25) is 9.59 Å². The van der Waals surface area contributed by atoms with Crippen molar-refractivity contribution in [1.29, 1.82) is 0 Å². The van der Waals surface area contributed by atoms with Gasteiger partial charge in [-0.05, 0) is 48.5 Å². The topological polar surface area (TPSA) is 110 Å². The lowest BCUT2D eigenvalue weighted by atomic mass is 9.79. The van der Waals surface area contributed by atoms with Gasteiger partial charge in [0.25, 0.3) is 0 Å². The molecule has 2 N–H and O–H groups in total. The number of carbonyl (C=O) groups excluding carboxylic acids is 3. The van der Waals surface area contributed by atoms with Crippen molar-refractivity contribution in [3.05, 3.63) is 48.1 Å². The van der Waals surface area contributed by atoms with Crippen LogP contribution >= 0.6 is 0 Å². The van der Waals surface area contributed by atoms with Crippen LogP contribution in [0.1, 0.15) is 67.2 Å². The Bertz CT molecular complexity index is 1020. The summed E-state index contributed by atoms with van der Waals surface area (Å²) in [5, 5.41) is 22.4. The Morgan fingerprint density at radius 2 is 1.92 bits per heavy atom. The number of esters is 2. The Kier molecular flexibility index (Phi) is 8.70. The maximum absolute atomic E-state index is 13.9. The summed E-state index contributed by atoms with van der Waals surface area (Å²) >= 11 is 0. The van der Waals surface area contributed by atoms with Crippen LogP contribution in [0.5, 0.6) is 0 Å². The number of rotatable bonds is 6. The number of hydrogen-bond acceptors (Lipinski definition) is 7. The van der Waals surface area contributed by atoms with Gasteiger partial charge in [-0.1, -0.05) is 65.0 Å². The van der Waals surface area contributed by atoms with E-state index in [-0.39, 0.29) is 35.2 Å². The van der Waals surface area contributed by atoms with Gasteiger partial charge in [0.2, 0.25) is 5.78 Å². The van der Waals surface area contributed by atoms with E-state index in [0.29, 0.717) is 12.0 Å². The average molecular weight is 515 g/mol. The van der Waals surface area contributed by atoms with Gasteiger partial charge in [-0.2, -0.15) is 0 Å². The molecular weight excluding hydrogens is 472 g/mol. The largest absolute Gasteiger partial charge is 0.455 e. The second kappa shape index (κ2) is 11.1. The van der Waals surface area contributed by atoms with Crippen molar-refractivity contribution in [1.82, 2.24) is 0 Å². The maximum Gasteiger partial charge on any atom is 0.331 e. The van der Waals surface area contributed by atoms with E-state index >= 15 is 0 Å². The van der Waals surface area contributed by atoms with E-state index in [9.17, 15) is 24.6 Å². The summed E-state index contributed by atoms with van der Waals surface area (Å²) in [7, 11) is 0. The fourth-order valence-electron chi connectivity index (χ4n) is 6.34. The number of fused-ring (bicyclic) bond motifs is 2. The molecule has 0 aromatic heterocycles. The normalized spacial score (nSPS) is 37.5. The van der Waals surface area contributed by atoms with E-state index in [2.05, 4.69) is 13.5 Å². The van der Waals surface area contributed by atoms with Gasteiger partial charge in [0.05, 0.1) is 18.1 Å². The third-order valence-corrected chi connectivity index (χ3v) is 8.56. The van der Waals surface area contributed by atoms with Crippen molar-refractivity contribution >= 4 is 17.7 Å². The molecule has 7 nitrogen and oxygen atoms in total. The predicted octanol–water partition coefficient (Wildman–Crippen LogP) is 4.24. The minimum absolute atomic E-state index is 0.0172. The van der Waals surface area contributed by atoms with Crippen LogP contribution in [0.3, 0.4) is 0 Å². The van der Waals surface area contributed by atoms with Crippen molar-refractivity contribution in [2.24, 2.45) is 29.1 Å². The van der Waals surface area contributed by atoms with Crippen molar-refractivity contribution in [3.8, 4) is 0 Å². The quantitative estimate of drug-likeness (QED) is 0.236. The molecule has 3 rings (SSSR count). The first-order chi connectivity index (χ1) is 17.3. The highest BCUT2D eigenvalue weighted by Gasteiger charge is 2.65. The molecule has 0 aliphatic heterocycles. The molecule has 0 spiro atoms. The zero-order valence-electron chi connectivity index (χ0n) is 22.9. The van der Waals surface area contributed by atoms with Crippen LogP contribution in [-0.2, 0) is 23.9 Å². The van der Waals surface area contributed by atoms with Crippen LogP contribution < -0.4 is 0 Å². The number of unbranched alkanes of at least 4 members (excludes halogenated alkanes) is 1. The molecule has 7 heteroatoms. The van der Waals surface area contributed by atoms with Gasteiger partial charge in [0.15, 0.2) is 5.60 Å². The third kappa shape index (κ3) is 5.68. The molecule has 0 radical (unpaired) electrons. The van der Waals surface area contributed by atoms with Crippen LogP contribution in [0, 0.1) is 29.1 Å². The average Bonchev–Trinajstić information content (AvgIpc) is 3.28. The second-order valence-electron chi connectivity index (χ2n) is 11.6. The molecule has 8 atom stereocenters. The zero-order valence-corrected chi connectivity index (χ0v) is 22.9. The van der Waals surface area contributed by atoms with Gasteiger partial charge in [-0.25, -0.2) is 4.79 Å². The number of ketones is 1. The lowest BCUT2D eigenvalue weighted by Gasteiger charge is -2.35. The van der Waals surface area contributed by atoms with E-state index in [0.717, 1.165) is 12.8 Å². The maximum atomic E-state index is 13.9. The second-order valence-corrected chi connectivity index (χ2v) is 11.6. The highest BCUT2D eigenvalue weighted by atomic mass is 16.6. The van der Waals surface area contributed by atoms with E-state index in [1.807, 2.05) is 26.0 Å². The molecule has 8 unspecified atom stereocenters. The van der Waals surface area contributed by atoms with Gasteiger partial charge >= 0.3 is 11.9 Å². The minimum Gasteiger partial charge on any atom is -0.455 e. The van der Waals surface area contributed by atoms with Crippen LogP contribution in [0.2, 0.25) is 0 Å².